The Morgan fingerprint density at radius 3 is 0.532 bits per heavy atom. The fourth-order valence-corrected chi connectivity index (χ4v) is 10.9. The summed E-state index contributed by atoms with van der Waals surface area (Å²) in [6.07, 6.45) is -33.2. The monoisotopic (exact) mass is 955 g/mol. The fourth-order valence-electron chi connectivity index (χ4n) is 2.04. The Kier molecular flexibility index (Phi) is 12.3. The predicted octanol–water partition coefficient (Wildman–Crippen LogP) is 10.7. The molecule has 0 saturated carbocycles. The van der Waals surface area contributed by atoms with Gasteiger partial charge in [-0.25, -0.2) is 0 Å². The molecule has 0 heterocycles. The maximum atomic E-state index is 14.0. The molecule has 0 spiro atoms. The van der Waals surface area contributed by atoms with Crippen LogP contribution in [0.3, 0.4) is 0 Å². The predicted molar refractivity (Wildman–Crippen MR) is 81.2 cm³/mol. The minimum absolute atomic E-state index is 1.94. The van der Waals surface area contributed by atoms with E-state index in [9.17, 15) is 132 Å². The van der Waals surface area contributed by atoms with Gasteiger partial charge in [-0.15, -0.1) is 0 Å². The second kappa shape index (κ2) is 12.3. The quantitative estimate of drug-likeness (QED) is 0.144. The van der Waals surface area contributed by atoms with Crippen LogP contribution in [0.4, 0.5) is 123 Å². The number of rotatable bonds is 12. The van der Waals surface area contributed by atoms with Gasteiger partial charge < -0.3 is 0 Å². The van der Waals surface area contributed by atoms with Gasteiger partial charge in [-0.1, -0.05) is 0 Å². The summed E-state index contributed by atoms with van der Waals surface area (Å²) in [5, 5.41) is 0. The number of halogens is 28. The minimum atomic E-state index is -10.5. The molecular formula is C12EuF28O4P2. The molecule has 0 fully saturated rings. The van der Waals surface area contributed by atoms with Crippen molar-refractivity contribution in [3.05, 3.63) is 0 Å². The topological polar surface area (TPSA) is 52.6 Å². The molecule has 0 atom stereocenters. The van der Waals surface area contributed by atoms with Gasteiger partial charge in [-0.05, 0) is 0 Å². The normalized spacial score (nSPS) is 16.9. The second-order valence-corrected chi connectivity index (χ2v) is 15.5. The van der Waals surface area contributed by atoms with Crippen molar-refractivity contribution in [3.63, 3.8) is 0 Å². The first-order chi connectivity index (χ1) is 19.7. The Labute approximate surface area is 262 Å². The van der Waals surface area contributed by atoms with Crippen LogP contribution in [0.2, 0.25) is 0 Å². The van der Waals surface area contributed by atoms with Crippen molar-refractivity contribution in [1.82, 2.24) is 0 Å². The van der Waals surface area contributed by atoms with Gasteiger partial charge in [-0.2, -0.15) is 0 Å². The van der Waals surface area contributed by atoms with Gasteiger partial charge in [0.25, 0.3) is 0 Å². The molecule has 0 bridgehead atoms. The van der Waals surface area contributed by atoms with Crippen molar-refractivity contribution in [1.29, 1.82) is 0 Å². The van der Waals surface area contributed by atoms with Crippen LogP contribution < -0.4 is 0 Å². The van der Waals surface area contributed by atoms with Crippen molar-refractivity contribution in [2.75, 3.05) is 0 Å². The van der Waals surface area contributed by atoms with E-state index in [1.54, 1.807) is 0 Å². The van der Waals surface area contributed by atoms with Crippen molar-refractivity contribution < 1.29 is 178 Å². The fraction of sp³-hybridized carbons (Fsp3) is 1.00. The third kappa shape index (κ3) is 6.62. The average molecular weight is 954 g/mol. The standard InChI is InChI=1S/2C6HF14O2P.Eu/c2*7-1(8,3(11,12)13)5(17,18)23(21,22)6(19,20)2(9,10)4(14,15)16;/h2*(H,21,22);/q;;+2/p-2. The number of alkyl halides is 28. The molecule has 0 aliphatic heterocycles. The molecule has 47 heavy (non-hydrogen) atoms. The molecule has 0 aromatic heterocycles. The van der Waals surface area contributed by atoms with Gasteiger partial charge >= 0.3 is 263 Å². The van der Waals surface area contributed by atoms with Crippen molar-refractivity contribution in [2.45, 2.75) is 71.0 Å². The van der Waals surface area contributed by atoms with E-state index in [-0.39, 0.29) is 0 Å². The van der Waals surface area contributed by atoms with E-state index >= 15 is 0 Å². The molecule has 0 unspecified atom stereocenters. The van der Waals surface area contributed by atoms with Crippen molar-refractivity contribution in [2.24, 2.45) is 0 Å². The van der Waals surface area contributed by atoms with Gasteiger partial charge in [0.15, 0.2) is 0 Å². The van der Waals surface area contributed by atoms with Gasteiger partial charge in [-0.3, -0.25) is 0 Å². The zero-order valence-corrected chi connectivity index (χ0v) is 23.7. The van der Waals surface area contributed by atoms with Crippen LogP contribution in [0.25, 0.3) is 0 Å². The Hall–Kier alpha value is 0.00442. The molecule has 0 amide bonds. The summed E-state index contributed by atoms with van der Waals surface area (Å²) in [6.45, 7) is 0. The van der Waals surface area contributed by atoms with E-state index in [1.165, 1.54) is 0 Å². The average Bonchev–Trinajstić information content (AvgIpc) is 2.79. The van der Waals surface area contributed by atoms with Crippen LogP contribution >= 0.6 is 14.7 Å². The first-order valence-electron chi connectivity index (χ1n) is 9.22. The molecule has 0 saturated heterocycles. The molecule has 0 N–H and O–H groups in total. The van der Waals surface area contributed by atoms with E-state index in [0.717, 1.165) is 0 Å². The molecule has 0 aromatic carbocycles. The summed E-state index contributed by atoms with van der Waals surface area (Å²) in [6, 6.07) is 0. The Morgan fingerprint density at radius 2 is 0.426 bits per heavy atom. The molecule has 0 aliphatic rings. The molecule has 285 valence electrons. The van der Waals surface area contributed by atoms with E-state index in [1.807, 2.05) is -0.438 Å². The third-order valence-electron chi connectivity index (χ3n) is 4.66. The van der Waals surface area contributed by atoms with Crippen LogP contribution in [0, 0.1) is 46.0 Å². The Bertz CT molecular complexity index is 1060. The van der Waals surface area contributed by atoms with E-state index in [2.05, 4.69) is 0 Å². The first kappa shape index (κ1) is 47.0. The summed E-state index contributed by atoms with van der Waals surface area (Å²) in [7, 11) is -21.0. The third-order valence-corrected chi connectivity index (χ3v) is 14.1. The van der Waals surface area contributed by atoms with Gasteiger partial charge in [0, 0.05) is 0 Å². The molecule has 0 rings (SSSR count). The molecule has 35 heteroatoms. The zero-order chi connectivity index (χ0) is 39.1. The molecule has 0 aliphatic carbocycles. The van der Waals surface area contributed by atoms with Gasteiger partial charge in [0.05, 0.1) is 0 Å². The van der Waals surface area contributed by atoms with Crippen molar-refractivity contribution >= 4 is 14.7 Å². The van der Waals surface area contributed by atoms with Gasteiger partial charge in [0.1, 0.15) is 0 Å². The van der Waals surface area contributed by atoms with Crippen LogP contribution in [-0.2, 0) is 8.69 Å². The summed E-state index contributed by atoms with van der Waals surface area (Å²) >= 11 is -6.95. The number of hydrogen-bond donors (Lipinski definition) is 0. The SMILES string of the molecule is O=P([O][Eu][O]P(=O)(C(F)(F)C(F)(F)C(F)(F)F)C(F)(F)C(F)(F)C(F)(F)F)(C(F)(F)C(F)(F)C(F)(F)F)C(F)(F)C(F)(F)C(F)(F)F. The zero-order valence-electron chi connectivity index (χ0n) is 19.5. The Morgan fingerprint density at radius 1 is 0.298 bits per heavy atom. The molecule has 0 aromatic rings. The van der Waals surface area contributed by atoms with Crippen LogP contribution in [0.5, 0.6) is 0 Å². The summed E-state index contributed by atoms with van der Waals surface area (Å²) < 4.78 is 394. The number of hydrogen-bond acceptors (Lipinski definition) is 4. The van der Waals surface area contributed by atoms with E-state index < -0.39 is 132 Å². The second-order valence-electron chi connectivity index (χ2n) is 7.76. The van der Waals surface area contributed by atoms with Crippen LogP contribution in [0.1, 0.15) is 0 Å². The molecular weight excluding hydrogens is 954 g/mol. The van der Waals surface area contributed by atoms with Crippen LogP contribution in [-0.4, -0.2) is 71.0 Å². The van der Waals surface area contributed by atoms with Crippen LogP contribution in [0.15, 0.2) is 0 Å². The summed E-state index contributed by atoms with van der Waals surface area (Å²) in [5.74, 6) is -34.9. The Balaban J connectivity index is 7.94. The van der Waals surface area contributed by atoms with Gasteiger partial charge in [0.2, 0.25) is 0 Å². The summed E-state index contributed by atoms with van der Waals surface area (Å²) in [5.41, 5.74) is -35.8. The summed E-state index contributed by atoms with van der Waals surface area (Å²) in [4.78, 5) is 0. The van der Waals surface area contributed by atoms with E-state index in [4.69, 9.17) is 0 Å². The molecule has 0 radical (unpaired) electrons. The van der Waals surface area contributed by atoms with Crippen molar-refractivity contribution in [3.8, 4) is 0 Å². The molecule has 4 nitrogen and oxygen atoms in total. The van der Waals surface area contributed by atoms with E-state index in [0.29, 0.717) is 0 Å². The maximum absolute atomic E-state index is 14.0. The first-order valence-corrected chi connectivity index (χ1v) is 14.5.